The van der Waals surface area contributed by atoms with Crippen molar-refractivity contribution >= 4 is 0 Å². The highest BCUT2D eigenvalue weighted by Gasteiger charge is 2.36. The minimum Gasteiger partial charge on any atom is -0.497 e. The van der Waals surface area contributed by atoms with Crippen molar-refractivity contribution in [3.63, 3.8) is 0 Å². The lowest BCUT2D eigenvalue weighted by molar-refractivity contribution is 0.0972. The van der Waals surface area contributed by atoms with Gasteiger partial charge in [-0.2, -0.15) is 0 Å². The summed E-state index contributed by atoms with van der Waals surface area (Å²) in [5, 5.41) is 3.39. The van der Waals surface area contributed by atoms with Crippen LogP contribution < -0.4 is 10.1 Å². The van der Waals surface area contributed by atoms with E-state index in [1.165, 1.54) is 22.3 Å². The van der Waals surface area contributed by atoms with E-state index >= 15 is 0 Å². The Hall–Kier alpha value is -1.84. The highest BCUT2D eigenvalue weighted by Crippen LogP contribution is 2.40. The lowest BCUT2D eigenvalue weighted by atomic mass is 9.90. The van der Waals surface area contributed by atoms with Gasteiger partial charge in [0, 0.05) is 19.1 Å². The zero-order valence-electron chi connectivity index (χ0n) is 13.9. The SMILES string of the molecule is CNC1CN(C2c3ccccc3CCc3ccc(OC)cc32)C1. The molecule has 1 saturated heterocycles. The molecule has 0 amide bonds. The molecule has 2 aromatic rings. The second-order valence-electron chi connectivity index (χ2n) is 6.61. The summed E-state index contributed by atoms with van der Waals surface area (Å²) in [6.07, 6.45) is 2.23. The molecule has 1 unspecified atom stereocenters. The molecule has 0 radical (unpaired) electrons. The van der Waals surface area contributed by atoms with Crippen LogP contribution in [0.4, 0.5) is 0 Å². The van der Waals surface area contributed by atoms with Crippen molar-refractivity contribution in [2.24, 2.45) is 0 Å². The molecule has 0 spiro atoms. The molecule has 1 atom stereocenters. The number of rotatable bonds is 3. The third kappa shape index (κ3) is 2.54. The Labute approximate surface area is 138 Å². The third-order valence-electron chi connectivity index (χ3n) is 5.34. The van der Waals surface area contributed by atoms with E-state index in [1.807, 2.05) is 0 Å². The molecule has 1 heterocycles. The monoisotopic (exact) mass is 308 g/mol. The van der Waals surface area contributed by atoms with Gasteiger partial charge < -0.3 is 10.1 Å². The number of hydrogen-bond donors (Lipinski definition) is 1. The quantitative estimate of drug-likeness (QED) is 0.943. The molecule has 120 valence electrons. The van der Waals surface area contributed by atoms with Crippen molar-refractivity contribution in [3.05, 3.63) is 64.7 Å². The summed E-state index contributed by atoms with van der Waals surface area (Å²) in [5.41, 5.74) is 5.83. The first-order chi connectivity index (χ1) is 11.3. The Balaban J connectivity index is 1.81. The van der Waals surface area contributed by atoms with Crippen molar-refractivity contribution in [2.45, 2.75) is 24.9 Å². The summed E-state index contributed by atoms with van der Waals surface area (Å²) < 4.78 is 5.50. The zero-order valence-corrected chi connectivity index (χ0v) is 13.9. The maximum atomic E-state index is 5.50. The molecule has 0 aromatic heterocycles. The van der Waals surface area contributed by atoms with E-state index in [2.05, 4.69) is 59.7 Å². The summed E-state index contributed by atoms with van der Waals surface area (Å²) in [4.78, 5) is 2.59. The van der Waals surface area contributed by atoms with Gasteiger partial charge in [0.1, 0.15) is 5.75 Å². The molecule has 1 aliphatic carbocycles. The van der Waals surface area contributed by atoms with Gasteiger partial charge in [0.05, 0.1) is 13.2 Å². The molecular weight excluding hydrogens is 284 g/mol. The van der Waals surface area contributed by atoms with Crippen LogP contribution >= 0.6 is 0 Å². The Bertz CT molecular complexity index is 707. The number of aryl methyl sites for hydroxylation is 2. The van der Waals surface area contributed by atoms with Crippen LogP contribution in [0.5, 0.6) is 5.75 Å². The predicted molar refractivity (Wildman–Crippen MR) is 93.1 cm³/mol. The number of fused-ring (bicyclic) bond motifs is 2. The second kappa shape index (κ2) is 5.99. The lowest BCUT2D eigenvalue weighted by Gasteiger charge is -2.45. The van der Waals surface area contributed by atoms with E-state index in [4.69, 9.17) is 4.74 Å². The summed E-state index contributed by atoms with van der Waals surface area (Å²) in [5.74, 6) is 0.957. The van der Waals surface area contributed by atoms with Crippen molar-refractivity contribution in [1.82, 2.24) is 10.2 Å². The topological polar surface area (TPSA) is 24.5 Å². The summed E-state index contributed by atoms with van der Waals surface area (Å²) in [6, 6.07) is 16.5. The van der Waals surface area contributed by atoms with Crippen LogP contribution in [0.15, 0.2) is 42.5 Å². The standard InChI is InChI=1S/C20H24N2O/c1-21-16-12-22(13-16)20-18-6-4-3-5-14(18)7-8-15-9-10-17(23-2)11-19(15)20/h3-6,9-11,16,20-21H,7-8,12-13H2,1-2H3. The number of hydrogen-bond acceptors (Lipinski definition) is 3. The first-order valence-electron chi connectivity index (χ1n) is 8.46. The second-order valence-corrected chi connectivity index (χ2v) is 6.61. The molecule has 1 fully saturated rings. The Kier molecular flexibility index (Phi) is 3.83. The maximum Gasteiger partial charge on any atom is 0.119 e. The highest BCUT2D eigenvalue weighted by atomic mass is 16.5. The van der Waals surface area contributed by atoms with Crippen molar-refractivity contribution in [2.75, 3.05) is 27.2 Å². The molecule has 23 heavy (non-hydrogen) atoms. The van der Waals surface area contributed by atoms with Crippen LogP contribution in [0.25, 0.3) is 0 Å². The highest BCUT2D eigenvalue weighted by molar-refractivity contribution is 5.47. The van der Waals surface area contributed by atoms with Gasteiger partial charge in [0.25, 0.3) is 0 Å². The van der Waals surface area contributed by atoms with Gasteiger partial charge in [-0.25, -0.2) is 0 Å². The van der Waals surface area contributed by atoms with E-state index in [-0.39, 0.29) is 0 Å². The van der Waals surface area contributed by atoms with Crippen LogP contribution in [0.3, 0.4) is 0 Å². The van der Waals surface area contributed by atoms with Crippen LogP contribution in [0, 0.1) is 0 Å². The summed E-state index contributed by atoms with van der Waals surface area (Å²) >= 11 is 0. The smallest absolute Gasteiger partial charge is 0.119 e. The maximum absolute atomic E-state index is 5.50. The number of ether oxygens (including phenoxy) is 1. The fourth-order valence-electron chi connectivity index (χ4n) is 3.95. The number of nitrogens with one attached hydrogen (secondary N) is 1. The van der Waals surface area contributed by atoms with Crippen LogP contribution in [0.1, 0.15) is 28.3 Å². The normalized spacial score (nSPS) is 21.0. The molecule has 0 saturated carbocycles. The molecule has 1 N–H and O–H groups in total. The summed E-state index contributed by atoms with van der Waals surface area (Å²) in [7, 11) is 3.81. The zero-order chi connectivity index (χ0) is 15.8. The number of nitrogens with zero attached hydrogens (tertiary/aromatic N) is 1. The van der Waals surface area contributed by atoms with Gasteiger partial charge in [-0.3, -0.25) is 4.90 Å². The summed E-state index contributed by atoms with van der Waals surface area (Å²) in [6.45, 7) is 2.21. The average molecular weight is 308 g/mol. The fraction of sp³-hybridized carbons (Fsp3) is 0.400. The lowest BCUT2D eigenvalue weighted by Crippen LogP contribution is -2.58. The first-order valence-corrected chi connectivity index (χ1v) is 8.46. The van der Waals surface area contributed by atoms with E-state index in [1.54, 1.807) is 7.11 Å². The van der Waals surface area contributed by atoms with Crippen LogP contribution in [-0.4, -0.2) is 38.2 Å². The minimum absolute atomic E-state index is 0.350. The van der Waals surface area contributed by atoms with Gasteiger partial charge in [0.15, 0.2) is 0 Å². The van der Waals surface area contributed by atoms with Crippen molar-refractivity contribution < 1.29 is 4.74 Å². The molecule has 3 heteroatoms. The molecule has 3 nitrogen and oxygen atoms in total. The van der Waals surface area contributed by atoms with Gasteiger partial charge in [0.2, 0.25) is 0 Å². The van der Waals surface area contributed by atoms with Gasteiger partial charge in [-0.1, -0.05) is 30.3 Å². The van der Waals surface area contributed by atoms with E-state index in [0.717, 1.165) is 31.7 Å². The Morgan fingerprint density at radius 2 is 1.74 bits per heavy atom. The molecular formula is C20H24N2O. The van der Waals surface area contributed by atoms with Crippen LogP contribution in [-0.2, 0) is 12.8 Å². The molecule has 4 rings (SSSR count). The number of likely N-dealkylation sites (N-methyl/N-ethyl adjacent to an activating group) is 1. The number of likely N-dealkylation sites (tertiary alicyclic amines) is 1. The molecule has 0 bridgehead atoms. The number of benzene rings is 2. The first kappa shape index (κ1) is 14.7. The van der Waals surface area contributed by atoms with Gasteiger partial charge in [-0.15, -0.1) is 0 Å². The molecule has 2 aromatic carbocycles. The largest absolute Gasteiger partial charge is 0.497 e. The van der Waals surface area contributed by atoms with E-state index < -0.39 is 0 Å². The minimum atomic E-state index is 0.350. The molecule has 2 aliphatic rings. The Morgan fingerprint density at radius 3 is 2.48 bits per heavy atom. The van der Waals surface area contributed by atoms with Gasteiger partial charge >= 0.3 is 0 Å². The van der Waals surface area contributed by atoms with E-state index in [9.17, 15) is 0 Å². The van der Waals surface area contributed by atoms with Crippen molar-refractivity contribution in [1.29, 1.82) is 0 Å². The van der Waals surface area contributed by atoms with Gasteiger partial charge in [-0.05, 0) is 54.3 Å². The Morgan fingerprint density at radius 1 is 1.00 bits per heavy atom. The molecule has 1 aliphatic heterocycles. The number of methoxy groups -OCH3 is 1. The van der Waals surface area contributed by atoms with Crippen molar-refractivity contribution in [3.8, 4) is 5.75 Å². The average Bonchev–Trinajstić information content (AvgIpc) is 2.71. The van der Waals surface area contributed by atoms with E-state index in [0.29, 0.717) is 12.1 Å². The fourth-order valence-corrected chi connectivity index (χ4v) is 3.95. The van der Waals surface area contributed by atoms with Crippen LogP contribution in [0.2, 0.25) is 0 Å². The predicted octanol–water partition coefficient (Wildman–Crippen LogP) is 2.79. The third-order valence-corrected chi connectivity index (χ3v) is 5.34.